The first-order chi connectivity index (χ1) is 19.5. The number of aromatic nitrogens is 1. The van der Waals surface area contributed by atoms with Crippen LogP contribution >= 0.6 is 34.7 Å². The molecule has 0 N–H and O–H groups in total. The van der Waals surface area contributed by atoms with E-state index in [4.69, 9.17) is 16.3 Å². The molecule has 0 aliphatic carbocycles. The first-order valence-electron chi connectivity index (χ1n) is 12.6. The van der Waals surface area contributed by atoms with Crippen molar-refractivity contribution < 1.29 is 32.3 Å². The lowest BCUT2D eigenvalue weighted by Gasteiger charge is -2.31. The Bertz CT molecular complexity index is 1600. The Balaban J connectivity index is 1.43. The van der Waals surface area contributed by atoms with Crippen LogP contribution in [-0.2, 0) is 31.8 Å². The van der Waals surface area contributed by atoms with Crippen LogP contribution in [0.5, 0.6) is 0 Å². The first kappa shape index (κ1) is 28.0. The zero-order chi connectivity index (χ0) is 29.1. The molecular weight excluding hydrogens is 603 g/mol. The number of hydrogen-bond acceptors (Lipinski definition) is 7. The minimum atomic E-state index is -4.66. The van der Waals surface area contributed by atoms with Crippen molar-refractivity contribution in [1.82, 2.24) is 9.47 Å². The Kier molecular flexibility index (Phi) is 7.25. The summed E-state index contributed by atoms with van der Waals surface area (Å²) in [6.45, 7) is 1.32. The molecule has 1 aromatic heterocycles. The predicted octanol–water partition coefficient (Wildman–Crippen LogP) is 4.24. The highest BCUT2D eigenvalue weighted by Crippen LogP contribution is 2.54. The van der Waals surface area contributed by atoms with Crippen LogP contribution in [0.25, 0.3) is 0 Å². The molecule has 41 heavy (non-hydrogen) atoms. The third kappa shape index (κ3) is 4.98. The first-order valence-corrected chi connectivity index (χ1v) is 14.7. The molecule has 0 radical (unpaired) electrons. The maximum atomic E-state index is 13.9. The van der Waals surface area contributed by atoms with Gasteiger partial charge in [-0.2, -0.15) is 13.2 Å². The number of thioether (sulfide) groups is 1. The number of alkyl halides is 3. The van der Waals surface area contributed by atoms with Gasteiger partial charge in [0, 0.05) is 28.9 Å². The molecular formula is C27H21ClF3N3O5S2. The number of thiazole rings is 1. The molecule has 3 aromatic rings. The van der Waals surface area contributed by atoms with Crippen LogP contribution in [0.4, 0.5) is 18.9 Å². The van der Waals surface area contributed by atoms with Crippen molar-refractivity contribution in [1.29, 1.82) is 0 Å². The van der Waals surface area contributed by atoms with Crippen molar-refractivity contribution >= 4 is 58.1 Å². The third-order valence-corrected chi connectivity index (χ3v) is 10.2. The lowest BCUT2D eigenvalue weighted by molar-refractivity contribution is -0.138. The molecule has 0 unspecified atom stereocenters. The summed E-state index contributed by atoms with van der Waals surface area (Å²) < 4.78 is 47.0. The van der Waals surface area contributed by atoms with Crippen LogP contribution in [0.1, 0.15) is 21.9 Å². The molecule has 0 spiro atoms. The van der Waals surface area contributed by atoms with Gasteiger partial charge in [-0.15, -0.1) is 0 Å². The van der Waals surface area contributed by atoms with Gasteiger partial charge in [0.25, 0.3) is 0 Å². The second kappa shape index (κ2) is 10.6. The molecule has 4 heterocycles. The number of anilines is 1. The van der Waals surface area contributed by atoms with Crippen LogP contribution in [0.2, 0.25) is 5.02 Å². The van der Waals surface area contributed by atoms with E-state index in [-0.39, 0.29) is 18.1 Å². The molecule has 14 heteroatoms. The lowest BCUT2D eigenvalue weighted by atomic mass is 9.83. The monoisotopic (exact) mass is 623 g/mol. The Hall–Kier alpha value is -3.13. The van der Waals surface area contributed by atoms with E-state index in [9.17, 15) is 32.3 Å². The normalized spacial score (nSPS) is 22.6. The number of fused-ring (bicyclic) bond motifs is 2. The smallest absolute Gasteiger partial charge is 0.378 e. The van der Waals surface area contributed by atoms with Gasteiger partial charge in [0.05, 0.1) is 35.4 Å². The number of ether oxygens (including phenoxy) is 1. The number of rotatable bonds is 4. The van der Waals surface area contributed by atoms with E-state index in [1.54, 1.807) is 29.2 Å². The zero-order valence-corrected chi connectivity index (χ0v) is 23.5. The van der Waals surface area contributed by atoms with Crippen LogP contribution in [-0.4, -0.2) is 58.7 Å². The predicted molar refractivity (Wildman–Crippen MR) is 146 cm³/mol. The molecule has 3 atom stereocenters. The van der Waals surface area contributed by atoms with E-state index in [0.717, 1.165) is 46.2 Å². The molecule has 2 fully saturated rings. The highest BCUT2D eigenvalue weighted by Gasteiger charge is 2.57. The van der Waals surface area contributed by atoms with E-state index in [0.29, 0.717) is 46.8 Å². The summed E-state index contributed by atoms with van der Waals surface area (Å²) in [4.78, 5) is 56.4. The maximum Gasteiger partial charge on any atom is 0.416 e. The van der Waals surface area contributed by atoms with Gasteiger partial charge >= 0.3 is 11.0 Å². The summed E-state index contributed by atoms with van der Waals surface area (Å²) >= 11 is 8.00. The molecule has 6 rings (SSSR count). The third-order valence-electron chi connectivity index (χ3n) is 7.37. The minimum absolute atomic E-state index is 0.178. The second-order valence-electron chi connectivity index (χ2n) is 9.77. The van der Waals surface area contributed by atoms with Gasteiger partial charge in [0.15, 0.2) is 0 Å². The summed E-state index contributed by atoms with van der Waals surface area (Å²) in [5.74, 6) is -3.36. The molecule has 0 saturated carbocycles. The molecule has 3 aliphatic rings. The quantitative estimate of drug-likeness (QED) is 0.404. The molecule has 2 saturated heterocycles. The van der Waals surface area contributed by atoms with Gasteiger partial charge in [-0.25, -0.2) is 4.90 Å². The average Bonchev–Trinajstić information content (AvgIpc) is 3.39. The van der Waals surface area contributed by atoms with E-state index < -0.39 is 45.5 Å². The van der Waals surface area contributed by atoms with Crippen molar-refractivity contribution in [3.8, 4) is 0 Å². The average molecular weight is 624 g/mol. The molecule has 2 aromatic carbocycles. The number of carbonyl (C=O) groups excluding carboxylic acids is 3. The molecule has 8 nitrogen and oxygen atoms in total. The van der Waals surface area contributed by atoms with Crippen LogP contribution in [0, 0.1) is 5.92 Å². The molecule has 3 amide bonds. The fourth-order valence-corrected chi connectivity index (χ4v) is 8.31. The van der Waals surface area contributed by atoms with Gasteiger partial charge in [0.1, 0.15) is 11.8 Å². The largest absolute Gasteiger partial charge is 0.416 e. The fraction of sp³-hybridized carbons (Fsp3) is 0.333. The van der Waals surface area contributed by atoms with Crippen LogP contribution in [0.3, 0.4) is 0 Å². The molecule has 3 aliphatic heterocycles. The fourth-order valence-electron chi connectivity index (χ4n) is 5.41. The topological polar surface area (TPSA) is 88.9 Å². The van der Waals surface area contributed by atoms with Crippen molar-refractivity contribution in [2.45, 2.75) is 28.9 Å². The van der Waals surface area contributed by atoms with Gasteiger partial charge in [0.2, 0.25) is 17.7 Å². The maximum absolute atomic E-state index is 13.9. The van der Waals surface area contributed by atoms with Gasteiger partial charge in [-0.05, 0) is 35.9 Å². The Morgan fingerprint density at radius 2 is 1.73 bits per heavy atom. The molecule has 0 bridgehead atoms. The van der Waals surface area contributed by atoms with E-state index >= 15 is 0 Å². The minimum Gasteiger partial charge on any atom is -0.378 e. The lowest BCUT2D eigenvalue weighted by Crippen LogP contribution is -2.43. The number of hydrogen-bond donors (Lipinski definition) is 0. The number of halogens is 4. The number of carbonyl (C=O) groups is 3. The number of morpholine rings is 1. The van der Waals surface area contributed by atoms with E-state index in [1.807, 2.05) is 0 Å². The van der Waals surface area contributed by atoms with Gasteiger partial charge < -0.3 is 9.64 Å². The highest BCUT2D eigenvalue weighted by atomic mass is 35.5. The van der Waals surface area contributed by atoms with Crippen molar-refractivity contribution in [2.75, 3.05) is 31.2 Å². The standard InChI is InChI=1S/C27H21ClF3N3O5S2/c28-16-6-4-14(5-7-16)19-20-21(24(37)34(23(20)36)17-3-1-2-15(12-17)27(29,30)31)40-25-22(19)41-26(38)33(25)13-18(35)32-8-10-39-11-9-32/h1-7,12,19-21H,8-11,13H2/t19-,20-,21+/m0/s1. The van der Waals surface area contributed by atoms with Gasteiger partial charge in [-0.1, -0.05) is 52.9 Å². The number of nitrogens with zero attached hydrogens (tertiary/aromatic N) is 3. The summed E-state index contributed by atoms with van der Waals surface area (Å²) in [5, 5.41) is -0.184. The van der Waals surface area contributed by atoms with Crippen LogP contribution < -0.4 is 9.77 Å². The number of benzene rings is 2. The molecule has 214 valence electrons. The summed E-state index contributed by atoms with van der Waals surface area (Å²) in [5.41, 5.74) is -0.546. The Morgan fingerprint density at radius 3 is 2.41 bits per heavy atom. The zero-order valence-electron chi connectivity index (χ0n) is 21.1. The van der Waals surface area contributed by atoms with E-state index in [2.05, 4.69) is 0 Å². The highest BCUT2D eigenvalue weighted by molar-refractivity contribution is 8.00. The SMILES string of the molecule is O=C(Cn1c2c(sc1=O)[C@@H](c1ccc(Cl)cc1)[C@@H]1C(=O)N(c3cccc(C(F)(F)F)c3)C(=O)[C@@H]1S2)N1CCOCC1. The number of amides is 3. The second-order valence-corrected chi connectivity index (χ2v) is 12.3. The summed E-state index contributed by atoms with van der Waals surface area (Å²) in [6.07, 6.45) is -4.66. The summed E-state index contributed by atoms with van der Waals surface area (Å²) in [7, 11) is 0. The van der Waals surface area contributed by atoms with Crippen molar-refractivity contribution in [3.63, 3.8) is 0 Å². The van der Waals surface area contributed by atoms with Crippen LogP contribution in [0.15, 0.2) is 58.4 Å². The van der Waals surface area contributed by atoms with Crippen molar-refractivity contribution in [3.05, 3.63) is 79.2 Å². The Labute approximate surface area is 244 Å². The Morgan fingerprint density at radius 1 is 1.02 bits per heavy atom. The van der Waals surface area contributed by atoms with E-state index in [1.165, 1.54) is 10.6 Å². The van der Waals surface area contributed by atoms with Gasteiger partial charge in [-0.3, -0.25) is 23.7 Å². The van der Waals surface area contributed by atoms with Crippen molar-refractivity contribution in [2.24, 2.45) is 5.92 Å². The summed E-state index contributed by atoms with van der Waals surface area (Å²) in [6, 6.07) is 10.7. The number of imide groups is 1.